The predicted octanol–water partition coefficient (Wildman–Crippen LogP) is 3.37. The van der Waals surface area contributed by atoms with E-state index in [9.17, 15) is 9.59 Å². The number of hydrogen-bond acceptors (Lipinski definition) is 4. The first-order valence-electron chi connectivity index (χ1n) is 7.46. The van der Waals surface area contributed by atoms with Gasteiger partial charge in [-0.1, -0.05) is 42.5 Å². The summed E-state index contributed by atoms with van der Waals surface area (Å²) in [6, 6.07) is 9.28. The van der Waals surface area contributed by atoms with Crippen molar-refractivity contribution in [2.24, 2.45) is 0 Å². The van der Waals surface area contributed by atoms with Crippen molar-refractivity contribution >= 4 is 12.1 Å². The van der Waals surface area contributed by atoms with E-state index in [0.29, 0.717) is 0 Å². The zero-order valence-electron chi connectivity index (χ0n) is 13.4. The Labute approximate surface area is 137 Å². The minimum atomic E-state index is -1.24. The molecule has 0 saturated heterocycles. The Bertz CT molecular complexity index is 529. The van der Waals surface area contributed by atoms with Gasteiger partial charge < -0.3 is 14.8 Å². The normalized spacial score (nSPS) is 10.5. The highest BCUT2D eigenvalue weighted by atomic mass is 16.6. The largest absolute Gasteiger partial charge is 0.464 e. The lowest BCUT2D eigenvalue weighted by molar-refractivity contribution is -0.150. The van der Waals surface area contributed by atoms with Gasteiger partial charge in [0.2, 0.25) is 0 Å². The smallest absolute Gasteiger partial charge is 0.408 e. The second kappa shape index (κ2) is 9.46. The third-order valence-corrected chi connectivity index (χ3v) is 3.21. The van der Waals surface area contributed by atoms with Gasteiger partial charge in [0, 0.05) is 0 Å². The van der Waals surface area contributed by atoms with E-state index < -0.39 is 17.6 Å². The molecule has 0 radical (unpaired) electrons. The molecule has 0 aliphatic heterocycles. The molecule has 1 N–H and O–H groups in total. The monoisotopic (exact) mass is 317 g/mol. The number of benzene rings is 1. The van der Waals surface area contributed by atoms with Crippen LogP contribution < -0.4 is 5.32 Å². The molecule has 1 aromatic rings. The van der Waals surface area contributed by atoms with Crippen molar-refractivity contribution < 1.29 is 19.1 Å². The SMILES string of the molecule is C=CCC(CC=C)(NC(=O)OCc1ccccc1)C(=O)OCC. The minimum Gasteiger partial charge on any atom is -0.464 e. The van der Waals surface area contributed by atoms with Crippen LogP contribution in [0.4, 0.5) is 4.79 Å². The first-order chi connectivity index (χ1) is 11.1. The van der Waals surface area contributed by atoms with Crippen LogP contribution in [-0.4, -0.2) is 24.2 Å². The molecule has 1 aromatic carbocycles. The number of hydrogen-bond donors (Lipinski definition) is 1. The average molecular weight is 317 g/mol. The Balaban J connectivity index is 2.77. The van der Waals surface area contributed by atoms with Crippen molar-refractivity contribution in [2.45, 2.75) is 31.9 Å². The molecule has 5 nitrogen and oxygen atoms in total. The van der Waals surface area contributed by atoms with Crippen molar-refractivity contribution in [3.8, 4) is 0 Å². The van der Waals surface area contributed by atoms with Gasteiger partial charge in [0.15, 0.2) is 0 Å². The maximum absolute atomic E-state index is 12.3. The Morgan fingerprint density at radius 1 is 1.13 bits per heavy atom. The van der Waals surface area contributed by atoms with Gasteiger partial charge in [0.1, 0.15) is 12.1 Å². The quantitative estimate of drug-likeness (QED) is 0.560. The lowest BCUT2D eigenvalue weighted by Crippen LogP contribution is -2.55. The van der Waals surface area contributed by atoms with Crippen LogP contribution in [0, 0.1) is 0 Å². The molecule has 1 amide bonds. The van der Waals surface area contributed by atoms with Crippen LogP contribution >= 0.6 is 0 Å². The van der Waals surface area contributed by atoms with Crippen LogP contribution in [0.25, 0.3) is 0 Å². The number of ether oxygens (including phenoxy) is 2. The van der Waals surface area contributed by atoms with E-state index in [1.807, 2.05) is 30.3 Å². The first-order valence-corrected chi connectivity index (χ1v) is 7.46. The molecule has 0 atom stereocenters. The molecule has 124 valence electrons. The standard InChI is InChI=1S/C18H23NO4/c1-4-12-18(13-5-2,16(20)22-6-3)19-17(21)23-14-15-10-8-7-9-11-15/h4-5,7-11H,1-2,6,12-14H2,3H3,(H,19,21). The number of alkyl carbamates (subject to hydrolysis) is 1. The molecule has 0 bridgehead atoms. The van der Waals surface area contributed by atoms with E-state index in [-0.39, 0.29) is 26.1 Å². The Kier molecular flexibility index (Phi) is 7.60. The summed E-state index contributed by atoms with van der Waals surface area (Å²) in [5.41, 5.74) is -0.385. The lowest BCUT2D eigenvalue weighted by atomic mass is 9.91. The Morgan fingerprint density at radius 2 is 1.74 bits per heavy atom. The molecule has 0 fully saturated rings. The van der Waals surface area contributed by atoms with Crippen molar-refractivity contribution in [1.29, 1.82) is 0 Å². The summed E-state index contributed by atoms with van der Waals surface area (Å²) >= 11 is 0. The number of carbonyl (C=O) groups is 2. The summed E-state index contributed by atoms with van der Waals surface area (Å²) in [4.78, 5) is 24.3. The third kappa shape index (κ3) is 5.62. The van der Waals surface area contributed by atoms with Crippen LogP contribution in [0.1, 0.15) is 25.3 Å². The number of amides is 1. The molecular weight excluding hydrogens is 294 g/mol. The van der Waals surface area contributed by atoms with E-state index >= 15 is 0 Å². The van der Waals surface area contributed by atoms with Crippen molar-refractivity contribution in [2.75, 3.05) is 6.61 Å². The summed E-state index contributed by atoms with van der Waals surface area (Å²) in [6.45, 7) is 9.32. The third-order valence-electron chi connectivity index (χ3n) is 3.21. The van der Waals surface area contributed by atoms with Crippen molar-refractivity contribution in [3.63, 3.8) is 0 Å². The fourth-order valence-electron chi connectivity index (χ4n) is 2.12. The van der Waals surface area contributed by atoms with Gasteiger partial charge in [0.05, 0.1) is 6.61 Å². The average Bonchev–Trinajstić information content (AvgIpc) is 2.54. The van der Waals surface area contributed by atoms with Gasteiger partial charge >= 0.3 is 12.1 Å². The number of nitrogens with one attached hydrogen (secondary N) is 1. The molecule has 0 aliphatic carbocycles. The molecule has 1 rings (SSSR count). The summed E-state index contributed by atoms with van der Waals surface area (Å²) in [5.74, 6) is -0.531. The number of carbonyl (C=O) groups excluding carboxylic acids is 2. The predicted molar refractivity (Wildman–Crippen MR) is 88.8 cm³/mol. The molecule has 0 saturated carbocycles. The van der Waals surface area contributed by atoms with Crippen LogP contribution in [0.2, 0.25) is 0 Å². The van der Waals surface area contributed by atoms with E-state index in [1.54, 1.807) is 19.1 Å². The Morgan fingerprint density at radius 3 is 2.26 bits per heavy atom. The molecule has 5 heteroatoms. The van der Waals surface area contributed by atoms with Crippen molar-refractivity contribution in [3.05, 3.63) is 61.2 Å². The van der Waals surface area contributed by atoms with Gasteiger partial charge in [0.25, 0.3) is 0 Å². The molecular formula is C18H23NO4. The van der Waals surface area contributed by atoms with Gasteiger partial charge in [-0.2, -0.15) is 0 Å². The first kappa shape index (κ1) is 18.5. The van der Waals surface area contributed by atoms with Crippen LogP contribution in [0.3, 0.4) is 0 Å². The van der Waals surface area contributed by atoms with E-state index in [4.69, 9.17) is 9.47 Å². The van der Waals surface area contributed by atoms with E-state index in [1.165, 1.54) is 0 Å². The molecule has 0 aliphatic rings. The summed E-state index contributed by atoms with van der Waals surface area (Å²) in [6.07, 6.45) is 2.86. The Hall–Kier alpha value is -2.56. The zero-order chi connectivity index (χ0) is 17.1. The fraction of sp³-hybridized carbons (Fsp3) is 0.333. The van der Waals surface area contributed by atoms with Crippen molar-refractivity contribution in [1.82, 2.24) is 5.32 Å². The summed E-state index contributed by atoms with van der Waals surface area (Å²) in [5, 5.41) is 2.61. The molecule has 0 unspecified atom stereocenters. The summed E-state index contributed by atoms with van der Waals surface area (Å²) in [7, 11) is 0. The molecule has 0 aromatic heterocycles. The molecule has 0 heterocycles. The maximum atomic E-state index is 12.3. The number of rotatable bonds is 9. The lowest BCUT2D eigenvalue weighted by Gasteiger charge is -2.30. The number of esters is 1. The molecule has 0 spiro atoms. The van der Waals surface area contributed by atoms with E-state index in [2.05, 4.69) is 18.5 Å². The van der Waals surface area contributed by atoms with Crippen LogP contribution in [0.15, 0.2) is 55.6 Å². The second-order valence-electron chi connectivity index (χ2n) is 4.97. The highest BCUT2D eigenvalue weighted by Crippen LogP contribution is 2.20. The van der Waals surface area contributed by atoms with Crippen LogP contribution in [-0.2, 0) is 20.9 Å². The van der Waals surface area contributed by atoms with Gasteiger partial charge in [-0.3, -0.25) is 0 Å². The minimum absolute atomic E-state index is 0.119. The fourth-order valence-corrected chi connectivity index (χ4v) is 2.12. The topological polar surface area (TPSA) is 64.6 Å². The maximum Gasteiger partial charge on any atom is 0.408 e. The van der Waals surface area contributed by atoms with Gasteiger partial charge in [-0.05, 0) is 25.3 Å². The highest BCUT2D eigenvalue weighted by Gasteiger charge is 2.39. The van der Waals surface area contributed by atoms with E-state index in [0.717, 1.165) is 5.56 Å². The molecule has 23 heavy (non-hydrogen) atoms. The van der Waals surface area contributed by atoms with Crippen LogP contribution in [0.5, 0.6) is 0 Å². The van der Waals surface area contributed by atoms with Gasteiger partial charge in [-0.15, -0.1) is 13.2 Å². The highest BCUT2D eigenvalue weighted by molar-refractivity contribution is 5.86. The summed E-state index contributed by atoms with van der Waals surface area (Å²) < 4.78 is 10.2. The zero-order valence-corrected chi connectivity index (χ0v) is 13.4. The second-order valence-corrected chi connectivity index (χ2v) is 4.97. The van der Waals surface area contributed by atoms with Gasteiger partial charge in [-0.25, -0.2) is 9.59 Å².